The lowest BCUT2D eigenvalue weighted by Crippen LogP contribution is -2.22. The first-order valence-corrected chi connectivity index (χ1v) is 6.88. The molecule has 0 unspecified atom stereocenters. The largest absolute Gasteiger partial charge is 0.376 e. The van der Waals surface area contributed by atoms with Crippen LogP contribution in [0.1, 0.15) is 5.56 Å². The highest BCUT2D eigenvalue weighted by Gasteiger charge is 2.10. The van der Waals surface area contributed by atoms with E-state index in [2.05, 4.69) is 10.6 Å². The molecule has 2 rings (SSSR count). The molecule has 0 aliphatic heterocycles. The Morgan fingerprint density at radius 3 is 2.73 bits per heavy atom. The van der Waals surface area contributed by atoms with Crippen LogP contribution in [0.3, 0.4) is 0 Å². The van der Waals surface area contributed by atoms with Crippen molar-refractivity contribution in [2.75, 3.05) is 17.2 Å². The van der Waals surface area contributed by atoms with Gasteiger partial charge in [0.15, 0.2) is 0 Å². The average molecular weight is 320 g/mol. The summed E-state index contributed by atoms with van der Waals surface area (Å²) >= 11 is 5.84. The molecule has 0 aliphatic rings. The maximum absolute atomic E-state index is 11.9. The van der Waals surface area contributed by atoms with Gasteiger partial charge in [-0.05, 0) is 30.7 Å². The highest BCUT2D eigenvalue weighted by molar-refractivity contribution is 6.30. The Hall–Kier alpha value is -2.60. The van der Waals surface area contributed by atoms with Crippen LogP contribution in [0.25, 0.3) is 0 Å². The van der Waals surface area contributed by atoms with Crippen molar-refractivity contribution < 1.29 is 9.72 Å². The van der Waals surface area contributed by atoms with E-state index in [1.807, 2.05) is 0 Å². The Balaban J connectivity index is 1.99. The minimum absolute atomic E-state index is 0.00544. The van der Waals surface area contributed by atoms with Crippen molar-refractivity contribution in [3.8, 4) is 0 Å². The second-order valence-electron chi connectivity index (χ2n) is 4.67. The predicted octanol–water partition coefficient (Wildman–Crippen LogP) is 3.61. The summed E-state index contributed by atoms with van der Waals surface area (Å²) in [7, 11) is 0. The van der Waals surface area contributed by atoms with Gasteiger partial charge in [0.05, 0.1) is 11.5 Å². The van der Waals surface area contributed by atoms with Crippen LogP contribution < -0.4 is 10.6 Å². The number of carbonyl (C=O) groups is 1. The lowest BCUT2D eigenvalue weighted by atomic mass is 10.2. The van der Waals surface area contributed by atoms with Crippen LogP contribution in [-0.4, -0.2) is 17.4 Å². The SMILES string of the molecule is Cc1ccc([N+](=O)[O-])cc1NCC(=O)Nc1cccc(Cl)c1. The second kappa shape index (κ2) is 6.91. The van der Waals surface area contributed by atoms with Crippen LogP contribution in [0.2, 0.25) is 5.02 Å². The number of rotatable bonds is 5. The number of anilines is 2. The van der Waals surface area contributed by atoms with Crippen LogP contribution in [0.5, 0.6) is 0 Å². The number of aryl methyl sites for hydroxylation is 1. The first-order valence-electron chi connectivity index (χ1n) is 6.50. The first-order chi connectivity index (χ1) is 10.5. The number of non-ortho nitro benzene ring substituents is 1. The molecule has 1 amide bonds. The Bertz CT molecular complexity index is 719. The molecule has 2 aromatic carbocycles. The zero-order chi connectivity index (χ0) is 16.1. The van der Waals surface area contributed by atoms with Crippen LogP contribution in [0, 0.1) is 17.0 Å². The topological polar surface area (TPSA) is 84.3 Å². The van der Waals surface area contributed by atoms with Crippen LogP contribution in [-0.2, 0) is 4.79 Å². The van der Waals surface area contributed by atoms with Gasteiger partial charge < -0.3 is 10.6 Å². The van der Waals surface area contributed by atoms with Gasteiger partial charge in [-0.2, -0.15) is 0 Å². The van der Waals surface area contributed by atoms with Gasteiger partial charge in [-0.1, -0.05) is 23.7 Å². The number of nitrogens with one attached hydrogen (secondary N) is 2. The fraction of sp³-hybridized carbons (Fsp3) is 0.133. The third-order valence-corrected chi connectivity index (χ3v) is 3.21. The second-order valence-corrected chi connectivity index (χ2v) is 5.10. The van der Waals surface area contributed by atoms with Crippen molar-refractivity contribution in [2.45, 2.75) is 6.92 Å². The van der Waals surface area contributed by atoms with E-state index in [0.29, 0.717) is 16.4 Å². The molecule has 6 nitrogen and oxygen atoms in total. The van der Waals surface area contributed by atoms with Crippen molar-refractivity contribution in [1.82, 2.24) is 0 Å². The summed E-state index contributed by atoms with van der Waals surface area (Å²) in [6, 6.07) is 11.3. The van der Waals surface area contributed by atoms with E-state index in [1.165, 1.54) is 12.1 Å². The molecule has 0 aliphatic carbocycles. The highest BCUT2D eigenvalue weighted by Crippen LogP contribution is 2.21. The lowest BCUT2D eigenvalue weighted by Gasteiger charge is -2.10. The summed E-state index contributed by atoms with van der Waals surface area (Å²) in [5, 5.41) is 16.9. The van der Waals surface area contributed by atoms with Gasteiger partial charge in [0, 0.05) is 28.5 Å². The Morgan fingerprint density at radius 2 is 2.05 bits per heavy atom. The summed E-state index contributed by atoms with van der Waals surface area (Å²) in [5.74, 6) is -0.270. The van der Waals surface area contributed by atoms with E-state index in [0.717, 1.165) is 5.56 Å². The molecule has 7 heteroatoms. The van der Waals surface area contributed by atoms with Crippen LogP contribution >= 0.6 is 11.6 Å². The molecule has 0 spiro atoms. The molecule has 0 radical (unpaired) electrons. The monoisotopic (exact) mass is 319 g/mol. The molecule has 0 bridgehead atoms. The number of hydrogen-bond donors (Lipinski definition) is 2. The average Bonchev–Trinajstić information content (AvgIpc) is 2.46. The van der Waals surface area contributed by atoms with Crippen molar-refractivity contribution in [3.63, 3.8) is 0 Å². The number of carbonyl (C=O) groups excluding carboxylic acids is 1. The maximum atomic E-state index is 11.9. The molecule has 0 heterocycles. The fourth-order valence-electron chi connectivity index (χ4n) is 1.86. The predicted molar refractivity (Wildman–Crippen MR) is 86.4 cm³/mol. The number of nitro groups is 1. The number of benzene rings is 2. The minimum Gasteiger partial charge on any atom is -0.376 e. The quantitative estimate of drug-likeness (QED) is 0.651. The number of nitro benzene ring substituents is 1. The van der Waals surface area contributed by atoms with E-state index >= 15 is 0 Å². The van der Waals surface area contributed by atoms with E-state index in [4.69, 9.17) is 11.6 Å². The van der Waals surface area contributed by atoms with Gasteiger partial charge in [0.25, 0.3) is 5.69 Å². The molecule has 2 N–H and O–H groups in total. The summed E-state index contributed by atoms with van der Waals surface area (Å²) in [5.41, 5.74) is 1.94. The summed E-state index contributed by atoms with van der Waals surface area (Å²) in [4.78, 5) is 22.2. The van der Waals surface area contributed by atoms with Gasteiger partial charge in [-0.25, -0.2) is 0 Å². The maximum Gasteiger partial charge on any atom is 0.271 e. The molecule has 0 aromatic heterocycles. The summed E-state index contributed by atoms with van der Waals surface area (Å²) < 4.78 is 0. The Morgan fingerprint density at radius 1 is 1.27 bits per heavy atom. The zero-order valence-corrected chi connectivity index (χ0v) is 12.6. The smallest absolute Gasteiger partial charge is 0.271 e. The van der Waals surface area contributed by atoms with Gasteiger partial charge >= 0.3 is 0 Å². The third-order valence-electron chi connectivity index (χ3n) is 2.98. The number of hydrogen-bond acceptors (Lipinski definition) is 4. The normalized spacial score (nSPS) is 10.1. The van der Waals surface area contributed by atoms with E-state index in [9.17, 15) is 14.9 Å². The fourth-order valence-corrected chi connectivity index (χ4v) is 2.05. The molecule has 22 heavy (non-hydrogen) atoms. The molecule has 0 saturated carbocycles. The Kier molecular flexibility index (Phi) is 4.95. The molecule has 0 saturated heterocycles. The zero-order valence-electron chi connectivity index (χ0n) is 11.8. The van der Waals surface area contributed by atoms with E-state index < -0.39 is 4.92 Å². The van der Waals surface area contributed by atoms with Crippen molar-refractivity contribution in [3.05, 3.63) is 63.2 Å². The Labute approximate surface area is 132 Å². The molecule has 0 fully saturated rings. The highest BCUT2D eigenvalue weighted by atomic mass is 35.5. The summed E-state index contributed by atoms with van der Waals surface area (Å²) in [6.07, 6.45) is 0. The van der Waals surface area contributed by atoms with Gasteiger partial charge in [-0.3, -0.25) is 14.9 Å². The molecule has 114 valence electrons. The summed E-state index contributed by atoms with van der Waals surface area (Å²) in [6.45, 7) is 1.80. The lowest BCUT2D eigenvalue weighted by molar-refractivity contribution is -0.384. The molecule has 0 atom stereocenters. The van der Waals surface area contributed by atoms with Gasteiger partial charge in [-0.15, -0.1) is 0 Å². The number of amides is 1. The van der Waals surface area contributed by atoms with Crippen molar-refractivity contribution in [2.24, 2.45) is 0 Å². The number of nitrogens with zero attached hydrogens (tertiary/aromatic N) is 1. The van der Waals surface area contributed by atoms with Gasteiger partial charge in [0.2, 0.25) is 5.91 Å². The van der Waals surface area contributed by atoms with E-state index in [1.54, 1.807) is 37.3 Å². The van der Waals surface area contributed by atoms with E-state index in [-0.39, 0.29) is 18.1 Å². The van der Waals surface area contributed by atoms with Crippen molar-refractivity contribution in [1.29, 1.82) is 0 Å². The van der Waals surface area contributed by atoms with Gasteiger partial charge in [0.1, 0.15) is 0 Å². The first kappa shape index (κ1) is 15.8. The molecular weight excluding hydrogens is 306 g/mol. The standard InChI is InChI=1S/C15H14ClN3O3/c1-10-5-6-13(19(21)22)8-14(10)17-9-15(20)18-12-4-2-3-11(16)7-12/h2-8,17H,9H2,1H3,(H,18,20). The van der Waals surface area contributed by atoms with Crippen molar-refractivity contribution >= 4 is 34.6 Å². The molecular formula is C15H14ClN3O3. The third kappa shape index (κ3) is 4.20. The van der Waals surface area contributed by atoms with Crippen LogP contribution in [0.15, 0.2) is 42.5 Å². The molecule has 2 aromatic rings. The van der Waals surface area contributed by atoms with Crippen LogP contribution in [0.4, 0.5) is 17.1 Å². The number of halogens is 1. The minimum atomic E-state index is -0.476.